The smallest absolute Gasteiger partial charge is 0.282 e. The van der Waals surface area contributed by atoms with Crippen molar-refractivity contribution in [3.63, 3.8) is 0 Å². The zero-order valence-electron chi connectivity index (χ0n) is 18.9. The first kappa shape index (κ1) is 23.4. The Kier molecular flexibility index (Phi) is 5.40. The van der Waals surface area contributed by atoms with Crippen LogP contribution in [-0.4, -0.2) is 63.9 Å². The molecule has 1 aliphatic carbocycles. The highest BCUT2D eigenvalue weighted by molar-refractivity contribution is 7.93. The van der Waals surface area contributed by atoms with Gasteiger partial charge >= 0.3 is 0 Å². The number of hydrogen-bond acceptors (Lipinski definition) is 10. The molecule has 3 N–H and O–H groups in total. The minimum absolute atomic E-state index is 0.0547. The van der Waals surface area contributed by atoms with Gasteiger partial charge in [-0.25, -0.2) is 17.2 Å². The SMILES string of the molecule is COc1cccc(OC)c1S(=O)(=O)Nc1noc2nc(N3CC(F)(F)C3)cc(OCC3(N)CC3)c12. The van der Waals surface area contributed by atoms with E-state index in [-0.39, 0.29) is 51.5 Å². The summed E-state index contributed by atoms with van der Waals surface area (Å²) in [4.78, 5) is 5.36. The van der Waals surface area contributed by atoms with Crippen molar-refractivity contribution in [1.29, 1.82) is 0 Å². The minimum atomic E-state index is -4.28. The van der Waals surface area contributed by atoms with Crippen molar-refractivity contribution >= 4 is 32.8 Å². The third kappa shape index (κ3) is 4.38. The molecule has 14 heteroatoms. The maximum atomic E-state index is 13.4. The van der Waals surface area contributed by atoms with Crippen molar-refractivity contribution in [1.82, 2.24) is 10.1 Å². The monoisotopic (exact) mass is 511 g/mol. The fraction of sp³-hybridized carbons (Fsp3) is 0.429. The summed E-state index contributed by atoms with van der Waals surface area (Å²) in [5, 5.41) is 3.95. The Morgan fingerprint density at radius 3 is 2.40 bits per heavy atom. The molecule has 0 atom stereocenters. The lowest BCUT2D eigenvalue weighted by Crippen LogP contribution is -2.56. The summed E-state index contributed by atoms with van der Waals surface area (Å²) >= 11 is 0. The van der Waals surface area contributed by atoms with Crippen LogP contribution in [0.15, 0.2) is 33.7 Å². The van der Waals surface area contributed by atoms with Crippen LogP contribution >= 0.6 is 0 Å². The topological polar surface area (TPSA) is 142 Å². The van der Waals surface area contributed by atoms with Crippen LogP contribution in [0.2, 0.25) is 0 Å². The number of pyridine rings is 1. The van der Waals surface area contributed by atoms with E-state index in [1.807, 2.05) is 0 Å². The lowest BCUT2D eigenvalue weighted by Gasteiger charge is -2.39. The van der Waals surface area contributed by atoms with Gasteiger partial charge in [0.15, 0.2) is 10.7 Å². The van der Waals surface area contributed by atoms with Gasteiger partial charge in [0.05, 0.1) is 32.8 Å². The first-order valence-corrected chi connectivity index (χ1v) is 12.1. The van der Waals surface area contributed by atoms with Crippen LogP contribution in [0.3, 0.4) is 0 Å². The van der Waals surface area contributed by atoms with Crippen molar-refractivity contribution in [2.24, 2.45) is 5.73 Å². The van der Waals surface area contributed by atoms with Crippen LogP contribution in [0.5, 0.6) is 17.2 Å². The van der Waals surface area contributed by atoms with Gasteiger partial charge in [0, 0.05) is 6.07 Å². The third-order valence-electron chi connectivity index (χ3n) is 5.85. The Bertz CT molecular complexity index is 1360. The second-order valence-electron chi connectivity index (χ2n) is 8.65. The average molecular weight is 512 g/mol. The molecular weight excluding hydrogens is 488 g/mol. The maximum Gasteiger partial charge on any atom is 0.282 e. The van der Waals surface area contributed by atoms with Gasteiger partial charge in [-0.05, 0) is 25.0 Å². The molecule has 1 saturated carbocycles. The fourth-order valence-electron chi connectivity index (χ4n) is 3.71. The number of anilines is 2. The number of fused-ring (bicyclic) bond motifs is 1. The molecule has 0 radical (unpaired) electrons. The predicted molar refractivity (Wildman–Crippen MR) is 121 cm³/mol. The minimum Gasteiger partial charge on any atom is -0.495 e. The quantitative estimate of drug-likeness (QED) is 0.440. The zero-order valence-corrected chi connectivity index (χ0v) is 19.7. The normalized spacial score (nSPS) is 18.1. The van der Waals surface area contributed by atoms with Crippen molar-refractivity contribution < 1.29 is 35.9 Å². The van der Waals surface area contributed by atoms with Gasteiger partial charge in [-0.2, -0.15) is 4.98 Å². The summed E-state index contributed by atoms with van der Waals surface area (Å²) in [6, 6.07) is 5.97. The molecule has 188 valence electrons. The van der Waals surface area contributed by atoms with E-state index in [0.29, 0.717) is 0 Å². The molecule has 0 unspecified atom stereocenters. The van der Waals surface area contributed by atoms with Gasteiger partial charge in [-0.15, -0.1) is 0 Å². The number of benzene rings is 1. The van der Waals surface area contributed by atoms with Crippen LogP contribution in [0.4, 0.5) is 20.4 Å². The predicted octanol–water partition coefficient (Wildman–Crippen LogP) is 2.37. The number of methoxy groups -OCH3 is 2. The first-order valence-electron chi connectivity index (χ1n) is 10.6. The number of aromatic nitrogens is 2. The summed E-state index contributed by atoms with van der Waals surface area (Å²) < 4.78 is 77.4. The highest BCUT2D eigenvalue weighted by atomic mass is 32.2. The Morgan fingerprint density at radius 2 is 1.83 bits per heavy atom. The number of nitrogens with two attached hydrogens (primary N) is 1. The van der Waals surface area contributed by atoms with E-state index in [2.05, 4.69) is 14.9 Å². The van der Waals surface area contributed by atoms with E-state index >= 15 is 0 Å². The van der Waals surface area contributed by atoms with Crippen molar-refractivity contribution in [2.45, 2.75) is 29.2 Å². The maximum absolute atomic E-state index is 13.4. The summed E-state index contributed by atoms with van der Waals surface area (Å²) in [7, 11) is -1.62. The van der Waals surface area contributed by atoms with Gasteiger partial charge in [0.25, 0.3) is 21.7 Å². The van der Waals surface area contributed by atoms with Crippen LogP contribution in [-0.2, 0) is 10.0 Å². The van der Waals surface area contributed by atoms with Crippen LogP contribution in [0.25, 0.3) is 11.1 Å². The van der Waals surface area contributed by atoms with Crippen LogP contribution in [0, 0.1) is 0 Å². The van der Waals surface area contributed by atoms with E-state index < -0.39 is 34.6 Å². The molecule has 3 heterocycles. The van der Waals surface area contributed by atoms with E-state index in [1.165, 1.54) is 37.3 Å². The van der Waals surface area contributed by atoms with Crippen LogP contribution < -0.4 is 29.6 Å². The summed E-state index contributed by atoms with van der Waals surface area (Å²) in [6.45, 7) is -0.876. The van der Waals surface area contributed by atoms with E-state index in [0.717, 1.165) is 12.8 Å². The number of sulfonamides is 1. The third-order valence-corrected chi connectivity index (χ3v) is 7.26. The fourth-order valence-corrected chi connectivity index (χ4v) is 5.04. The summed E-state index contributed by atoms with van der Waals surface area (Å²) in [5.74, 6) is -2.56. The molecule has 2 fully saturated rings. The van der Waals surface area contributed by atoms with Gasteiger partial charge in [0.2, 0.25) is 0 Å². The second-order valence-corrected chi connectivity index (χ2v) is 10.3. The number of nitrogens with one attached hydrogen (secondary N) is 1. The molecular formula is C21H23F2N5O6S. The lowest BCUT2D eigenvalue weighted by atomic mass is 10.1. The molecule has 1 saturated heterocycles. The zero-order chi connectivity index (χ0) is 25.0. The highest BCUT2D eigenvalue weighted by Gasteiger charge is 2.45. The van der Waals surface area contributed by atoms with E-state index in [1.54, 1.807) is 6.07 Å². The molecule has 2 aliphatic rings. The molecule has 3 aromatic rings. The average Bonchev–Trinajstić information content (AvgIpc) is 3.42. The molecule has 11 nitrogen and oxygen atoms in total. The molecule has 1 aromatic carbocycles. The number of halogens is 2. The molecule has 2 aromatic heterocycles. The van der Waals surface area contributed by atoms with Crippen molar-refractivity contribution in [3.05, 3.63) is 24.3 Å². The lowest BCUT2D eigenvalue weighted by molar-refractivity contribution is -0.0267. The highest BCUT2D eigenvalue weighted by Crippen LogP contribution is 2.41. The van der Waals surface area contributed by atoms with Crippen molar-refractivity contribution in [3.8, 4) is 17.2 Å². The van der Waals surface area contributed by atoms with Crippen molar-refractivity contribution in [2.75, 3.05) is 43.5 Å². The number of hydrogen-bond donors (Lipinski definition) is 2. The molecule has 0 bridgehead atoms. The second kappa shape index (κ2) is 8.09. The number of ether oxygens (including phenoxy) is 3. The number of alkyl halides is 2. The standard InChI is InChI=1S/C21H23F2N5O6S/c1-31-12-4-3-5-13(32-2)17(12)35(29,30)27-18-16-14(33-11-20(24)6-7-20)8-15(25-19(16)34-26-18)28-9-21(22,23)10-28/h3-5,8H,6-7,9-11,24H2,1-2H3,(H,26,27). The number of nitrogens with zero attached hydrogens (tertiary/aromatic N) is 3. The van der Waals surface area contributed by atoms with E-state index in [4.69, 9.17) is 24.5 Å². The summed E-state index contributed by atoms with van der Waals surface area (Å²) in [6.07, 6.45) is 1.53. The molecule has 0 amide bonds. The van der Waals surface area contributed by atoms with Gasteiger partial charge in [-0.3, -0.25) is 4.72 Å². The number of rotatable bonds is 9. The van der Waals surface area contributed by atoms with E-state index in [9.17, 15) is 17.2 Å². The van der Waals surface area contributed by atoms with Gasteiger partial charge in [0.1, 0.15) is 35.1 Å². The Labute approximate surface area is 199 Å². The Balaban J connectivity index is 1.55. The van der Waals surface area contributed by atoms with Gasteiger partial charge in [-0.1, -0.05) is 11.2 Å². The van der Waals surface area contributed by atoms with Gasteiger partial charge < -0.3 is 29.4 Å². The Hall–Kier alpha value is -3.39. The largest absolute Gasteiger partial charge is 0.495 e. The summed E-state index contributed by atoms with van der Waals surface area (Å²) in [5.41, 5.74) is 5.55. The molecule has 0 spiro atoms. The van der Waals surface area contributed by atoms with Crippen LogP contribution in [0.1, 0.15) is 12.8 Å². The Morgan fingerprint density at radius 1 is 1.17 bits per heavy atom. The first-order chi connectivity index (χ1) is 16.5. The molecule has 5 rings (SSSR count). The molecule has 35 heavy (non-hydrogen) atoms. The molecule has 1 aliphatic heterocycles.